The molecule has 22 heavy (non-hydrogen) atoms. The summed E-state index contributed by atoms with van der Waals surface area (Å²) in [7, 11) is 0. The lowest BCUT2D eigenvalue weighted by Gasteiger charge is -2.10. The smallest absolute Gasteiger partial charge is 0.272 e. The quantitative estimate of drug-likeness (QED) is 0.851. The summed E-state index contributed by atoms with van der Waals surface area (Å²) in [6.45, 7) is 3.33. The first-order valence-corrected chi connectivity index (χ1v) is 6.82. The Morgan fingerprint density at radius 2 is 1.86 bits per heavy atom. The highest BCUT2D eigenvalue weighted by atomic mass is 16.2. The summed E-state index contributed by atoms with van der Waals surface area (Å²) in [5.74, 6) is -0.697. The van der Waals surface area contributed by atoms with Crippen LogP contribution in [0.1, 0.15) is 18.1 Å². The highest BCUT2D eigenvalue weighted by molar-refractivity contribution is 6.08. The van der Waals surface area contributed by atoms with E-state index in [-0.39, 0.29) is 17.5 Å². The molecular weight excluding hydrogens is 278 g/mol. The first kappa shape index (κ1) is 15.4. The van der Waals surface area contributed by atoms with Crippen molar-refractivity contribution in [2.45, 2.75) is 13.8 Å². The van der Waals surface area contributed by atoms with Gasteiger partial charge in [-0.15, -0.1) is 0 Å². The van der Waals surface area contributed by atoms with Crippen LogP contribution in [0.15, 0.2) is 54.5 Å². The lowest BCUT2D eigenvalue weighted by Crippen LogP contribution is -2.28. The number of hydrogen-bond acceptors (Lipinski definition) is 3. The van der Waals surface area contributed by atoms with Crippen molar-refractivity contribution < 1.29 is 9.59 Å². The van der Waals surface area contributed by atoms with Crippen molar-refractivity contribution in [2.24, 2.45) is 0 Å². The van der Waals surface area contributed by atoms with Crippen LogP contribution in [-0.2, 0) is 9.59 Å². The van der Waals surface area contributed by atoms with Crippen LogP contribution < -0.4 is 10.6 Å². The number of aryl methyl sites for hydroxylation is 1. The molecule has 0 saturated carbocycles. The lowest BCUT2D eigenvalue weighted by molar-refractivity contribution is -0.120. The molecule has 0 bridgehead atoms. The zero-order valence-electron chi connectivity index (χ0n) is 12.5. The lowest BCUT2D eigenvalue weighted by atomic mass is 10.2. The number of pyridine rings is 1. The maximum absolute atomic E-state index is 12.3. The summed E-state index contributed by atoms with van der Waals surface area (Å²) in [6.07, 6.45) is 4.83. The molecule has 2 amide bonds. The third-order valence-electron chi connectivity index (χ3n) is 2.86. The molecule has 1 heterocycles. The molecule has 5 nitrogen and oxygen atoms in total. The number of anilines is 1. The van der Waals surface area contributed by atoms with E-state index >= 15 is 0 Å². The van der Waals surface area contributed by atoms with E-state index in [1.54, 1.807) is 30.6 Å². The molecule has 2 aromatic rings. The van der Waals surface area contributed by atoms with Crippen LogP contribution >= 0.6 is 0 Å². The van der Waals surface area contributed by atoms with Gasteiger partial charge in [0.15, 0.2) is 0 Å². The molecule has 112 valence electrons. The summed E-state index contributed by atoms with van der Waals surface area (Å²) in [4.78, 5) is 27.6. The Balaban J connectivity index is 2.21. The van der Waals surface area contributed by atoms with Crippen LogP contribution in [0.2, 0.25) is 0 Å². The van der Waals surface area contributed by atoms with Gasteiger partial charge in [0.05, 0.1) is 0 Å². The Morgan fingerprint density at radius 1 is 1.14 bits per heavy atom. The Labute approximate surface area is 129 Å². The van der Waals surface area contributed by atoms with Crippen LogP contribution in [-0.4, -0.2) is 16.8 Å². The van der Waals surface area contributed by atoms with E-state index in [1.165, 1.54) is 6.92 Å². The molecule has 2 N–H and O–H groups in total. The molecule has 0 aliphatic rings. The summed E-state index contributed by atoms with van der Waals surface area (Å²) in [6, 6.07) is 11.0. The van der Waals surface area contributed by atoms with E-state index in [0.29, 0.717) is 5.69 Å². The monoisotopic (exact) mass is 295 g/mol. The van der Waals surface area contributed by atoms with Crippen molar-refractivity contribution in [1.82, 2.24) is 10.3 Å². The molecule has 0 spiro atoms. The number of carbonyl (C=O) groups is 2. The van der Waals surface area contributed by atoms with Gasteiger partial charge in [0.2, 0.25) is 5.91 Å². The average Bonchev–Trinajstić information content (AvgIpc) is 2.49. The van der Waals surface area contributed by atoms with Crippen molar-refractivity contribution >= 4 is 23.6 Å². The van der Waals surface area contributed by atoms with Gasteiger partial charge < -0.3 is 10.6 Å². The fourth-order valence-electron chi connectivity index (χ4n) is 1.81. The van der Waals surface area contributed by atoms with E-state index in [0.717, 1.165) is 11.1 Å². The normalized spacial score (nSPS) is 10.9. The fourth-order valence-corrected chi connectivity index (χ4v) is 1.81. The van der Waals surface area contributed by atoms with Crippen LogP contribution in [0.4, 0.5) is 5.69 Å². The van der Waals surface area contributed by atoms with E-state index in [1.807, 2.05) is 31.2 Å². The van der Waals surface area contributed by atoms with Gasteiger partial charge in [-0.3, -0.25) is 14.6 Å². The molecule has 0 saturated heterocycles. The zero-order chi connectivity index (χ0) is 15.9. The Morgan fingerprint density at radius 3 is 2.45 bits per heavy atom. The van der Waals surface area contributed by atoms with E-state index in [9.17, 15) is 9.59 Å². The highest BCUT2D eigenvalue weighted by Crippen LogP contribution is 2.11. The molecule has 0 aliphatic carbocycles. The van der Waals surface area contributed by atoms with Gasteiger partial charge in [0, 0.05) is 25.0 Å². The number of rotatable bonds is 4. The maximum Gasteiger partial charge on any atom is 0.272 e. The highest BCUT2D eigenvalue weighted by Gasteiger charge is 2.11. The van der Waals surface area contributed by atoms with Gasteiger partial charge in [-0.25, -0.2) is 0 Å². The van der Waals surface area contributed by atoms with Crippen molar-refractivity contribution in [2.75, 3.05) is 5.32 Å². The molecule has 0 radical (unpaired) electrons. The largest absolute Gasteiger partial charge is 0.322 e. The molecule has 0 aliphatic heterocycles. The molecule has 0 unspecified atom stereocenters. The van der Waals surface area contributed by atoms with Crippen molar-refractivity contribution in [3.8, 4) is 0 Å². The van der Waals surface area contributed by atoms with Gasteiger partial charge in [0.25, 0.3) is 5.91 Å². The molecule has 1 aromatic carbocycles. The van der Waals surface area contributed by atoms with Gasteiger partial charge >= 0.3 is 0 Å². The molecule has 0 fully saturated rings. The predicted octanol–water partition coefficient (Wildman–Crippen LogP) is 2.51. The summed E-state index contributed by atoms with van der Waals surface area (Å²) in [5, 5.41) is 5.29. The van der Waals surface area contributed by atoms with E-state index in [4.69, 9.17) is 0 Å². The fraction of sp³-hybridized carbons (Fsp3) is 0.118. The van der Waals surface area contributed by atoms with Gasteiger partial charge in [-0.2, -0.15) is 0 Å². The van der Waals surface area contributed by atoms with Crippen LogP contribution in [0.25, 0.3) is 6.08 Å². The van der Waals surface area contributed by atoms with E-state index < -0.39 is 0 Å². The third-order valence-corrected chi connectivity index (χ3v) is 2.86. The molecule has 1 aromatic heterocycles. The summed E-state index contributed by atoms with van der Waals surface area (Å²) >= 11 is 0. The standard InChI is InChI=1S/C17H17N3O2/c1-12-5-7-15(8-6-12)20-17(22)16(19-13(2)21)10-14-4-3-9-18-11-14/h3-11H,1-2H3,(H,19,21)(H,20,22)/b16-10+. The second-order valence-electron chi connectivity index (χ2n) is 4.85. The topological polar surface area (TPSA) is 71.1 Å². The molecule has 5 heteroatoms. The predicted molar refractivity (Wildman–Crippen MR) is 85.8 cm³/mol. The maximum atomic E-state index is 12.3. The van der Waals surface area contributed by atoms with E-state index in [2.05, 4.69) is 15.6 Å². The number of nitrogens with zero attached hydrogens (tertiary/aromatic N) is 1. The number of nitrogens with one attached hydrogen (secondary N) is 2. The van der Waals surface area contributed by atoms with Crippen molar-refractivity contribution in [1.29, 1.82) is 0 Å². The average molecular weight is 295 g/mol. The Bertz CT molecular complexity index is 692. The van der Waals surface area contributed by atoms with Crippen LogP contribution in [0, 0.1) is 6.92 Å². The third kappa shape index (κ3) is 4.56. The zero-order valence-corrected chi connectivity index (χ0v) is 12.5. The number of aromatic nitrogens is 1. The number of carbonyl (C=O) groups excluding carboxylic acids is 2. The number of amides is 2. The number of benzene rings is 1. The Kier molecular flexibility index (Phi) is 5.03. The molecule has 2 rings (SSSR count). The molecule has 0 atom stereocenters. The minimum absolute atomic E-state index is 0.168. The minimum Gasteiger partial charge on any atom is -0.322 e. The second-order valence-corrected chi connectivity index (χ2v) is 4.85. The van der Waals surface area contributed by atoms with Crippen LogP contribution in [0.5, 0.6) is 0 Å². The summed E-state index contributed by atoms with van der Waals surface area (Å²) < 4.78 is 0. The van der Waals surface area contributed by atoms with Crippen molar-refractivity contribution in [3.05, 3.63) is 65.6 Å². The van der Waals surface area contributed by atoms with Crippen LogP contribution in [0.3, 0.4) is 0 Å². The first-order valence-electron chi connectivity index (χ1n) is 6.82. The molecular formula is C17H17N3O2. The van der Waals surface area contributed by atoms with Gasteiger partial charge in [0.1, 0.15) is 5.70 Å². The first-order chi connectivity index (χ1) is 10.5. The van der Waals surface area contributed by atoms with Gasteiger partial charge in [-0.1, -0.05) is 23.8 Å². The SMILES string of the molecule is CC(=O)N/C(=C/c1cccnc1)C(=O)Nc1ccc(C)cc1. The number of hydrogen-bond donors (Lipinski definition) is 2. The van der Waals surface area contributed by atoms with Crippen molar-refractivity contribution in [3.63, 3.8) is 0 Å². The minimum atomic E-state index is -0.386. The summed E-state index contributed by atoms with van der Waals surface area (Å²) in [5.41, 5.74) is 2.66. The van der Waals surface area contributed by atoms with Gasteiger partial charge in [-0.05, 0) is 36.8 Å². The Hall–Kier alpha value is -2.95. The second kappa shape index (κ2) is 7.17.